The first kappa shape index (κ1) is 3.99. The second-order valence-corrected chi connectivity index (χ2v) is 2.21. The molecular weight excluding hydrogens is 130 g/mol. The molecule has 54 valence electrons. The molecule has 1 saturated heterocycles. The highest BCUT2D eigenvalue weighted by Gasteiger charge is 2.41. The van der Waals surface area contributed by atoms with Gasteiger partial charge in [-0.25, -0.2) is 0 Å². The van der Waals surface area contributed by atoms with Gasteiger partial charge in [-0.1, -0.05) is 5.92 Å². The smallest absolute Gasteiger partial charge is 0.267 e. The van der Waals surface area contributed by atoms with E-state index in [9.17, 15) is 9.90 Å². The van der Waals surface area contributed by atoms with Gasteiger partial charge in [-0.15, -0.1) is 6.42 Å². The highest BCUT2D eigenvalue weighted by molar-refractivity contribution is 5.90. The SMILES string of the molecule is [2H]C([2H])([2H])N1CC[C@](O)(C#C)C1=O. The molecule has 10 heavy (non-hydrogen) atoms. The minimum absolute atomic E-state index is 0.0271. The molecule has 3 heteroatoms. The summed E-state index contributed by atoms with van der Waals surface area (Å²) in [6.45, 7) is -2.55. The zero-order chi connectivity index (χ0) is 10.3. The number of hydrogen-bond donors (Lipinski definition) is 1. The van der Waals surface area contributed by atoms with Gasteiger partial charge in [0.1, 0.15) is 0 Å². The summed E-state index contributed by atoms with van der Waals surface area (Å²) >= 11 is 0. The van der Waals surface area contributed by atoms with Crippen LogP contribution in [0, 0.1) is 12.3 Å². The normalized spacial score (nSPS) is 38.2. The molecule has 1 aliphatic rings. The monoisotopic (exact) mass is 142 g/mol. The van der Waals surface area contributed by atoms with Gasteiger partial charge in [0.05, 0.1) is 0 Å². The number of terminal acetylenes is 1. The molecule has 1 heterocycles. The predicted octanol–water partition coefficient (Wildman–Crippen LogP) is -0.787. The summed E-state index contributed by atoms with van der Waals surface area (Å²) < 4.78 is 20.9. The van der Waals surface area contributed by atoms with Crippen molar-refractivity contribution in [3.05, 3.63) is 0 Å². The van der Waals surface area contributed by atoms with Gasteiger partial charge in [0.2, 0.25) is 5.60 Å². The first-order valence-electron chi connectivity index (χ1n) is 4.33. The Hall–Kier alpha value is -1.01. The standard InChI is InChI=1S/C7H9NO2/c1-3-7(10)4-5-8(2)6(7)9/h1,10H,4-5H2,2H3/t7-/m1/s1/i2D3. The lowest BCUT2D eigenvalue weighted by Gasteiger charge is -2.12. The first-order chi connectivity index (χ1) is 5.81. The summed E-state index contributed by atoms with van der Waals surface area (Å²) in [5.74, 6) is 0.999. The van der Waals surface area contributed by atoms with Crippen molar-refractivity contribution < 1.29 is 14.0 Å². The lowest BCUT2D eigenvalue weighted by molar-refractivity contribution is -0.137. The lowest BCUT2D eigenvalue weighted by Crippen LogP contribution is -2.36. The van der Waals surface area contributed by atoms with E-state index in [-0.39, 0.29) is 13.0 Å². The van der Waals surface area contributed by atoms with Crippen molar-refractivity contribution in [2.75, 3.05) is 13.5 Å². The molecule has 1 rings (SSSR count). The number of hydrogen-bond acceptors (Lipinski definition) is 2. The number of nitrogens with zero attached hydrogens (tertiary/aromatic N) is 1. The number of carbonyl (C=O) groups is 1. The zero-order valence-electron chi connectivity index (χ0n) is 8.29. The van der Waals surface area contributed by atoms with E-state index in [1.165, 1.54) is 0 Å². The van der Waals surface area contributed by atoms with Crippen molar-refractivity contribution in [3.8, 4) is 12.3 Å². The van der Waals surface area contributed by atoms with Gasteiger partial charge < -0.3 is 10.0 Å². The van der Waals surface area contributed by atoms with Gasteiger partial charge in [0.15, 0.2) is 0 Å². The largest absolute Gasteiger partial charge is 0.369 e. The van der Waals surface area contributed by atoms with Crippen LogP contribution in [-0.4, -0.2) is 35.0 Å². The Morgan fingerprint density at radius 1 is 2.10 bits per heavy atom. The van der Waals surface area contributed by atoms with Gasteiger partial charge >= 0.3 is 0 Å². The van der Waals surface area contributed by atoms with E-state index in [0.717, 1.165) is 0 Å². The molecule has 1 atom stereocenters. The van der Waals surface area contributed by atoms with Crippen LogP contribution in [0.1, 0.15) is 10.5 Å². The molecule has 0 saturated carbocycles. The van der Waals surface area contributed by atoms with Gasteiger partial charge in [-0.2, -0.15) is 0 Å². The second kappa shape index (κ2) is 1.99. The maximum absolute atomic E-state index is 11.3. The average molecular weight is 142 g/mol. The summed E-state index contributed by atoms with van der Waals surface area (Å²) in [5.41, 5.74) is -1.92. The molecule has 0 radical (unpaired) electrons. The average Bonchev–Trinajstić information content (AvgIpc) is 2.29. The molecule has 0 aromatic heterocycles. The van der Waals surface area contributed by atoms with Crippen molar-refractivity contribution in [2.24, 2.45) is 0 Å². The molecule has 0 bridgehead atoms. The van der Waals surface area contributed by atoms with Crippen LogP contribution >= 0.6 is 0 Å². The van der Waals surface area contributed by atoms with E-state index in [1.807, 2.05) is 5.92 Å². The second-order valence-electron chi connectivity index (χ2n) is 2.21. The van der Waals surface area contributed by atoms with E-state index in [4.69, 9.17) is 10.5 Å². The summed E-state index contributed by atoms with van der Waals surface area (Å²) in [4.78, 5) is 11.9. The Balaban J connectivity index is 2.91. The van der Waals surface area contributed by atoms with Crippen molar-refractivity contribution in [3.63, 3.8) is 0 Å². The number of likely N-dealkylation sites (tertiary alicyclic amines) is 1. The Kier molecular flexibility index (Phi) is 0.796. The number of amides is 1. The van der Waals surface area contributed by atoms with E-state index in [2.05, 4.69) is 0 Å². The Labute approximate surface area is 63.9 Å². The Morgan fingerprint density at radius 2 is 2.80 bits per heavy atom. The molecule has 0 aromatic carbocycles. The molecule has 1 N–H and O–H groups in total. The summed E-state index contributed by atoms with van der Waals surface area (Å²) in [5, 5.41) is 9.42. The molecule has 1 fully saturated rings. The molecular formula is C7H9NO2. The van der Waals surface area contributed by atoms with Crippen molar-refractivity contribution in [1.82, 2.24) is 4.90 Å². The topological polar surface area (TPSA) is 40.5 Å². The lowest BCUT2D eigenvalue weighted by atomic mass is 10.1. The first-order valence-corrected chi connectivity index (χ1v) is 2.83. The number of aliphatic hydroxyl groups is 1. The van der Waals surface area contributed by atoms with E-state index < -0.39 is 18.5 Å². The molecule has 0 unspecified atom stereocenters. The highest BCUT2D eigenvalue weighted by Crippen LogP contribution is 2.19. The molecule has 0 aliphatic carbocycles. The number of rotatable bonds is 0. The third kappa shape index (κ3) is 0.775. The number of carbonyl (C=O) groups excluding carboxylic acids is 1. The Bertz CT molecular complexity index is 280. The third-order valence-electron chi connectivity index (χ3n) is 1.53. The van der Waals surface area contributed by atoms with Crippen molar-refractivity contribution in [2.45, 2.75) is 12.0 Å². The molecule has 0 aromatic rings. The van der Waals surface area contributed by atoms with Crippen LogP contribution in [-0.2, 0) is 4.79 Å². The van der Waals surface area contributed by atoms with Crippen LogP contribution in [0.5, 0.6) is 0 Å². The summed E-state index contributed by atoms with van der Waals surface area (Å²) in [6.07, 6.45) is 4.91. The maximum Gasteiger partial charge on any atom is 0.267 e. The van der Waals surface area contributed by atoms with E-state index in [0.29, 0.717) is 4.90 Å². The molecule has 0 spiro atoms. The zero-order valence-corrected chi connectivity index (χ0v) is 5.29. The van der Waals surface area contributed by atoms with Gasteiger partial charge in [0, 0.05) is 24.1 Å². The summed E-state index contributed by atoms with van der Waals surface area (Å²) in [6, 6.07) is 0. The summed E-state index contributed by atoms with van der Waals surface area (Å²) in [7, 11) is 0. The highest BCUT2D eigenvalue weighted by atomic mass is 16.3. The fraction of sp³-hybridized carbons (Fsp3) is 0.571. The Morgan fingerprint density at radius 3 is 3.10 bits per heavy atom. The van der Waals surface area contributed by atoms with Gasteiger partial charge in [-0.3, -0.25) is 4.79 Å². The fourth-order valence-corrected chi connectivity index (χ4v) is 0.839. The minimum atomic E-state index is -2.52. The molecule has 1 amide bonds. The van der Waals surface area contributed by atoms with Crippen LogP contribution in [0.3, 0.4) is 0 Å². The van der Waals surface area contributed by atoms with Crippen LogP contribution in [0.15, 0.2) is 0 Å². The third-order valence-corrected chi connectivity index (χ3v) is 1.53. The van der Waals surface area contributed by atoms with Crippen LogP contribution in [0.2, 0.25) is 0 Å². The van der Waals surface area contributed by atoms with Crippen molar-refractivity contribution >= 4 is 5.91 Å². The van der Waals surface area contributed by atoms with Crippen LogP contribution < -0.4 is 0 Å². The fourth-order valence-electron chi connectivity index (χ4n) is 0.839. The molecule has 1 aliphatic heterocycles. The molecule has 3 nitrogen and oxygen atoms in total. The minimum Gasteiger partial charge on any atom is -0.369 e. The van der Waals surface area contributed by atoms with Crippen LogP contribution in [0.4, 0.5) is 0 Å². The van der Waals surface area contributed by atoms with Gasteiger partial charge in [-0.05, 0) is 0 Å². The quantitative estimate of drug-likeness (QED) is 0.450. The van der Waals surface area contributed by atoms with E-state index >= 15 is 0 Å². The maximum atomic E-state index is 11.3. The number of likely N-dealkylation sites (N-methyl/N-ethyl adjacent to an activating group) is 1. The van der Waals surface area contributed by atoms with Gasteiger partial charge in [0.25, 0.3) is 5.91 Å². The van der Waals surface area contributed by atoms with E-state index in [1.54, 1.807) is 0 Å². The predicted molar refractivity (Wildman–Crippen MR) is 36.0 cm³/mol. The van der Waals surface area contributed by atoms with Crippen molar-refractivity contribution in [1.29, 1.82) is 0 Å². The van der Waals surface area contributed by atoms with Crippen LogP contribution in [0.25, 0.3) is 0 Å².